The third kappa shape index (κ3) is 2.86. The maximum atomic E-state index is 6.31. The number of fused-ring (bicyclic) bond motifs is 1. The predicted octanol–water partition coefficient (Wildman–Crippen LogP) is 4.16. The number of nitrogens with zero attached hydrogens (tertiary/aromatic N) is 5. The lowest BCUT2D eigenvalue weighted by Gasteiger charge is -2.09. The number of imidazole rings is 1. The predicted molar refractivity (Wildman–Crippen MR) is 95.5 cm³/mol. The summed E-state index contributed by atoms with van der Waals surface area (Å²) in [7, 11) is 0. The van der Waals surface area contributed by atoms with Gasteiger partial charge in [-0.15, -0.1) is 0 Å². The summed E-state index contributed by atoms with van der Waals surface area (Å²) >= 11 is 7.91. The fraction of sp³-hybridized carbons (Fsp3) is 0.0588. The van der Waals surface area contributed by atoms with Gasteiger partial charge in [0.15, 0.2) is 11.0 Å². The summed E-state index contributed by atoms with van der Waals surface area (Å²) in [6.45, 7) is 0. The van der Waals surface area contributed by atoms with E-state index >= 15 is 0 Å². The summed E-state index contributed by atoms with van der Waals surface area (Å²) in [5.74, 6) is 1.34. The first kappa shape index (κ1) is 15.1. The molecule has 118 valence electrons. The smallest absolute Gasteiger partial charge is 0.175 e. The van der Waals surface area contributed by atoms with E-state index in [1.807, 2.05) is 47.0 Å². The first-order valence-electron chi connectivity index (χ1n) is 7.29. The Morgan fingerprint density at radius 3 is 2.75 bits per heavy atom. The van der Waals surface area contributed by atoms with Crippen LogP contribution in [0.4, 0.5) is 0 Å². The Balaban J connectivity index is 1.80. The van der Waals surface area contributed by atoms with Crippen LogP contribution in [0.15, 0.2) is 66.3 Å². The number of rotatable bonds is 4. The summed E-state index contributed by atoms with van der Waals surface area (Å²) < 4.78 is 1.97. The second-order valence-electron chi connectivity index (χ2n) is 5.02. The number of halogens is 1. The normalized spacial score (nSPS) is 11.0. The van der Waals surface area contributed by atoms with Crippen molar-refractivity contribution in [1.29, 1.82) is 0 Å². The molecule has 0 unspecified atom stereocenters. The minimum absolute atomic E-state index is 0.486. The second-order valence-corrected chi connectivity index (χ2v) is 6.37. The molecule has 1 aromatic carbocycles. The molecule has 0 atom stereocenters. The average Bonchev–Trinajstić information content (AvgIpc) is 2.99. The molecular formula is C17H12ClN5S. The fourth-order valence-electron chi connectivity index (χ4n) is 2.40. The number of benzene rings is 1. The van der Waals surface area contributed by atoms with Crippen molar-refractivity contribution in [2.24, 2.45) is 0 Å². The SMILES string of the molecule is Clc1cncnc1-n1c(SCc2ccccn2)nc2ccccc21. The Kier molecular flexibility index (Phi) is 4.15. The molecule has 0 fully saturated rings. The van der Waals surface area contributed by atoms with Crippen molar-refractivity contribution >= 4 is 34.4 Å². The van der Waals surface area contributed by atoms with Crippen LogP contribution >= 0.6 is 23.4 Å². The summed E-state index contributed by atoms with van der Waals surface area (Å²) in [5.41, 5.74) is 2.85. The van der Waals surface area contributed by atoms with Crippen molar-refractivity contribution in [2.45, 2.75) is 10.9 Å². The molecule has 3 aromatic heterocycles. The Bertz CT molecular complexity index is 987. The number of thioether (sulfide) groups is 1. The molecule has 0 bridgehead atoms. The lowest BCUT2D eigenvalue weighted by Crippen LogP contribution is -2.01. The Morgan fingerprint density at radius 2 is 1.92 bits per heavy atom. The molecule has 0 radical (unpaired) electrons. The van der Waals surface area contributed by atoms with Crippen LogP contribution in [-0.4, -0.2) is 24.5 Å². The molecule has 5 nitrogen and oxygen atoms in total. The lowest BCUT2D eigenvalue weighted by atomic mass is 10.3. The average molecular weight is 354 g/mol. The van der Waals surface area contributed by atoms with Gasteiger partial charge in [-0.05, 0) is 24.3 Å². The molecule has 4 rings (SSSR count). The van der Waals surface area contributed by atoms with E-state index in [1.54, 1.807) is 24.2 Å². The van der Waals surface area contributed by atoms with Gasteiger partial charge in [-0.2, -0.15) is 0 Å². The van der Waals surface area contributed by atoms with E-state index in [2.05, 4.69) is 15.0 Å². The Labute approximate surface area is 147 Å². The third-order valence-electron chi connectivity index (χ3n) is 3.47. The highest BCUT2D eigenvalue weighted by molar-refractivity contribution is 7.98. The van der Waals surface area contributed by atoms with E-state index in [9.17, 15) is 0 Å². The van der Waals surface area contributed by atoms with Crippen molar-refractivity contribution in [1.82, 2.24) is 24.5 Å². The lowest BCUT2D eigenvalue weighted by molar-refractivity contribution is 0.877. The van der Waals surface area contributed by atoms with Crippen LogP contribution in [0, 0.1) is 0 Å². The summed E-state index contributed by atoms with van der Waals surface area (Å²) in [6.07, 6.45) is 4.87. The van der Waals surface area contributed by atoms with Gasteiger partial charge >= 0.3 is 0 Å². The molecule has 0 N–H and O–H groups in total. The van der Waals surface area contributed by atoms with E-state index in [1.165, 1.54) is 6.33 Å². The van der Waals surface area contributed by atoms with Crippen LogP contribution in [0.2, 0.25) is 5.02 Å². The van der Waals surface area contributed by atoms with Gasteiger partial charge in [-0.1, -0.05) is 41.6 Å². The van der Waals surface area contributed by atoms with E-state index < -0.39 is 0 Å². The zero-order chi connectivity index (χ0) is 16.4. The standard InChI is InChI=1S/C17H12ClN5S/c18-13-9-19-11-21-16(13)23-15-7-2-1-6-14(15)22-17(23)24-10-12-5-3-4-8-20-12/h1-9,11H,10H2. The van der Waals surface area contributed by atoms with Crippen LogP contribution in [0.1, 0.15) is 5.69 Å². The second kappa shape index (κ2) is 6.59. The number of pyridine rings is 1. The number of hydrogen-bond donors (Lipinski definition) is 0. The molecule has 3 heterocycles. The zero-order valence-corrected chi connectivity index (χ0v) is 14.1. The van der Waals surface area contributed by atoms with Crippen molar-refractivity contribution in [3.63, 3.8) is 0 Å². The topological polar surface area (TPSA) is 56.5 Å². The summed E-state index contributed by atoms with van der Waals surface area (Å²) in [5, 5.41) is 1.31. The Morgan fingerprint density at radius 1 is 1.04 bits per heavy atom. The minimum Gasteiger partial charge on any atom is -0.270 e. The van der Waals surface area contributed by atoms with E-state index in [0.717, 1.165) is 21.9 Å². The largest absolute Gasteiger partial charge is 0.270 e. The van der Waals surface area contributed by atoms with Crippen LogP contribution < -0.4 is 0 Å². The van der Waals surface area contributed by atoms with Crippen molar-refractivity contribution < 1.29 is 0 Å². The highest BCUT2D eigenvalue weighted by Gasteiger charge is 2.16. The number of aromatic nitrogens is 5. The van der Waals surface area contributed by atoms with Gasteiger partial charge in [0.05, 0.1) is 22.9 Å². The minimum atomic E-state index is 0.486. The van der Waals surface area contributed by atoms with Gasteiger partial charge in [-0.3, -0.25) is 9.55 Å². The molecule has 0 amide bonds. The van der Waals surface area contributed by atoms with Gasteiger partial charge in [0.25, 0.3) is 0 Å². The molecule has 4 aromatic rings. The van der Waals surface area contributed by atoms with Crippen LogP contribution in [-0.2, 0) is 5.75 Å². The molecule has 0 aliphatic carbocycles. The first-order valence-corrected chi connectivity index (χ1v) is 8.65. The van der Waals surface area contributed by atoms with Crippen molar-refractivity contribution in [3.05, 3.63) is 71.9 Å². The van der Waals surface area contributed by atoms with Gasteiger partial charge in [-0.25, -0.2) is 15.0 Å². The highest BCUT2D eigenvalue weighted by atomic mass is 35.5. The van der Waals surface area contributed by atoms with Crippen molar-refractivity contribution in [2.75, 3.05) is 0 Å². The monoisotopic (exact) mass is 353 g/mol. The maximum Gasteiger partial charge on any atom is 0.175 e. The van der Waals surface area contributed by atoms with E-state index in [-0.39, 0.29) is 0 Å². The van der Waals surface area contributed by atoms with Crippen molar-refractivity contribution in [3.8, 4) is 5.82 Å². The van der Waals surface area contributed by atoms with Gasteiger partial charge in [0.1, 0.15) is 11.3 Å². The van der Waals surface area contributed by atoms with Crippen LogP contribution in [0.25, 0.3) is 16.9 Å². The summed E-state index contributed by atoms with van der Waals surface area (Å²) in [4.78, 5) is 17.4. The quantitative estimate of drug-likeness (QED) is 0.516. The van der Waals surface area contributed by atoms with Crippen LogP contribution in [0.3, 0.4) is 0 Å². The van der Waals surface area contributed by atoms with E-state index in [0.29, 0.717) is 16.6 Å². The molecule has 24 heavy (non-hydrogen) atoms. The number of para-hydroxylation sites is 2. The van der Waals surface area contributed by atoms with Crippen LogP contribution in [0.5, 0.6) is 0 Å². The molecular weight excluding hydrogens is 342 g/mol. The molecule has 0 saturated heterocycles. The first-order chi connectivity index (χ1) is 11.8. The van der Waals surface area contributed by atoms with E-state index in [4.69, 9.17) is 16.6 Å². The number of hydrogen-bond acceptors (Lipinski definition) is 5. The summed E-state index contributed by atoms with van der Waals surface area (Å²) in [6, 6.07) is 13.8. The van der Waals surface area contributed by atoms with Gasteiger partial charge in [0, 0.05) is 11.9 Å². The zero-order valence-electron chi connectivity index (χ0n) is 12.5. The maximum absolute atomic E-state index is 6.31. The molecule has 0 saturated carbocycles. The fourth-order valence-corrected chi connectivity index (χ4v) is 3.51. The molecule has 0 aliphatic rings. The molecule has 7 heteroatoms. The molecule has 0 spiro atoms. The van der Waals surface area contributed by atoms with Gasteiger partial charge < -0.3 is 0 Å². The third-order valence-corrected chi connectivity index (χ3v) is 4.70. The Hall–Kier alpha value is -2.44. The van der Waals surface area contributed by atoms with Gasteiger partial charge in [0.2, 0.25) is 0 Å². The highest BCUT2D eigenvalue weighted by Crippen LogP contribution is 2.31. The molecule has 0 aliphatic heterocycles.